The molecule has 21 heavy (non-hydrogen) atoms. The highest BCUT2D eigenvalue weighted by molar-refractivity contribution is 5.95. The molecule has 0 heterocycles. The maximum Gasteiger partial charge on any atom is 0.340 e. The fourth-order valence-corrected chi connectivity index (χ4v) is 2.29. The second-order valence-corrected chi connectivity index (χ2v) is 4.98. The van der Waals surface area contributed by atoms with Crippen LogP contribution in [0.15, 0.2) is 48.5 Å². The lowest BCUT2D eigenvalue weighted by molar-refractivity contribution is 0.0527. The average Bonchev–Trinajstić information content (AvgIpc) is 2.50. The van der Waals surface area contributed by atoms with Crippen molar-refractivity contribution in [1.29, 1.82) is 0 Å². The summed E-state index contributed by atoms with van der Waals surface area (Å²) < 4.78 is 5.02. The van der Waals surface area contributed by atoms with Crippen molar-refractivity contribution in [2.45, 2.75) is 26.2 Å². The zero-order valence-corrected chi connectivity index (χ0v) is 12.3. The standard InChI is InChI=1S/C18H21NO2/c1-2-21-18(20)16-13-15(11-12-17(16)19)10-6-9-14-7-4-3-5-8-14/h3-5,7-8,11-13H,2,6,9-10,19H2,1H3. The Kier molecular flexibility index (Phi) is 5.38. The van der Waals surface area contributed by atoms with Gasteiger partial charge in [-0.25, -0.2) is 4.79 Å². The number of carbonyl (C=O) groups excluding carboxylic acids is 1. The van der Waals surface area contributed by atoms with Gasteiger partial charge in [0.1, 0.15) is 0 Å². The first-order valence-corrected chi connectivity index (χ1v) is 7.30. The molecule has 2 N–H and O–H groups in total. The Morgan fingerprint density at radius 2 is 1.76 bits per heavy atom. The molecule has 0 spiro atoms. The van der Waals surface area contributed by atoms with Gasteiger partial charge in [-0.15, -0.1) is 0 Å². The molecule has 2 aromatic rings. The van der Waals surface area contributed by atoms with Crippen molar-refractivity contribution < 1.29 is 9.53 Å². The fraction of sp³-hybridized carbons (Fsp3) is 0.278. The minimum absolute atomic E-state index is 0.347. The number of rotatable bonds is 6. The van der Waals surface area contributed by atoms with Crippen LogP contribution in [-0.4, -0.2) is 12.6 Å². The van der Waals surface area contributed by atoms with Crippen molar-refractivity contribution in [1.82, 2.24) is 0 Å². The van der Waals surface area contributed by atoms with Crippen molar-refractivity contribution in [2.24, 2.45) is 0 Å². The molecule has 0 saturated heterocycles. The summed E-state index contributed by atoms with van der Waals surface area (Å²) in [7, 11) is 0. The normalized spacial score (nSPS) is 10.3. The highest BCUT2D eigenvalue weighted by atomic mass is 16.5. The topological polar surface area (TPSA) is 52.3 Å². The smallest absolute Gasteiger partial charge is 0.340 e. The fourth-order valence-electron chi connectivity index (χ4n) is 2.29. The molecule has 110 valence electrons. The summed E-state index contributed by atoms with van der Waals surface area (Å²) in [4.78, 5) is 11.8. The number of hydrogen-bond donors (Lipinski definition) is 1. The van der Waals surface area contributed by atoms with E-state index in [-0.39, 0.29) is 5.97 Å². The van der Waals surface area contributed by atoms with Crippen molar-refractivity contribution in [3.63, 3.8) is 0 Å². The molecule has 0 radical (unpaired) electrons. The van der Waals surface area contributed by atoms with Crippen molar-refractivity contribution in [3.8, 4) is 0 Å². The molecule has 0 aromatic heterocycles. The Bertz CT molecular complexity index is 593. The maximum atomic E-state index is 11.8. The summed E-state index contributed by atoms with van der Waals surface area (Å²) in [6, 6.07) is 16.0. The zero-order valence-electron chi connectivity index (χ0n) is 12.3. The number of hydrogen-bond acceptors (Lipinski definition) is 3. The van der Waals surface area contributed by atoms with E-state index in [2.05, 4.69) is 24.3 Å². The molecule has 2 aromatic carbocycles. The molecule has 0 atom stereocenters. The summed E-state index contributed by atoms with van der Waals surface area (Å²) >= 11 is 0. The Morgan fingerprint density at radius 1 is 1.05 bits per heavy atom. The lowest BCUT2D eigenvalue weighted by Gasteiger charge is -2.08. The Labute approximate surface area is 125 Å². The van der Waals surface area contributed by atoms with Crippen LogP contribution >= 0.6 is 0 Å². The van der Waals surface area contributed by atoms with Gasteiger partial charge in [0.2, 0.25) is 0 Å². The molecular weight excluding hydrogens is 262 g/mol. The SMILES string of the molecule is CCOC(=O)c1cc(CCCc2ccccc2)ccc1N. The highest BCUT2D eigenvalue weighted by Gasteiger charge is 2.11. The van der Waals surface area contributed by atoms with E-state index in [1.54, 1.807) is 13.0 Å². The summed E-state index contributed by atoms with van der Waals surface area (Å²) in [5, 5.41) is 0. The molecule has 0 unspecified atom stereocenters. The molecule has 0 amide bonds. The molecule has 0 saturated carbocycles. The van der Waals surface area contributed by atoms with Gasteiger partial charge in [-0.2, -0.15) is 0 Å². The number of nitrogen functional groups attached to an aromatic ring is 1. The molecule has 0 aliphatic rings. The minimum Gasteiger partial charge on any atom is -0.462 e. The third-order valence-corrected chi connectivity index (χ3v) is 3.39. The number of carbonyl (C=O) groups is 1. The zero-order chi connectivity index (χ0) is 15.1. The van der Waals surface area contributed by atoms with Crippen LogP contribution in [0.25, 0.3) is 0 Å². The van der Waals surface area contributed by atoms with Gasteiger partial charge >= 0.3 is 5.97 Å². The first-order valence-electron chi connectivity index (χ1n) is 7.30. The summed E-state index contributed by atoms with van der Waals surface area (Å²) in [5.41, 5.74) is 9.22. The van der Waals surface area contributed by atoms with E-state index in [1.165, 1.54) is 5.56 Å². The van der Waals surface area contributed by atoms with Crippen molar-refractivity contribution in [2.75, 3.05) is 12.3 Å². The number of aryl methyl sites for hydroxylation is 2. The van der Waals surface area contributed by atoms with E-state index in [0.29, 0.717) is 17.9 Å². The van der Waals surface area contributed by atoms with Gasteiger partial charge in [-0.3, -0.25) is 0 Å². The number of ether oxygens (including phenoxy) is 1. The number of esters is 1. The van der Waals surface area contributed by atoms with Crippen LogP contribution < -0.4 is 5.73 Å². The molecule has 0 aliphatic carbocycles. The third kappa shape index (κ3) is 4.35. The number of nitrogens with two attached hydrogens (primary N) is 1. The Balaban J connectivity index is 1.97. The highest BCUT2D eigenvalue weighted by Crippen LogP contribution is 2.17. The largest absolute Gasteiger partial charge is 0.462 e. The van der Waals surface area contributed by atoms with Gasteiger partial charge in [0, 0.05) is 5.69 Å². The Morgan fingerprint density at radius 3 is 2.48 bits per heavy atom. The van der Waals surface area contributed by atoms with Gasteiger partial charge in [0.25, 0.3) is 0 Å². The molecule has 3 heteroatoms. The molecule has 0 bridgehead atoms. The maximum absolute atomic E-state index is 11.8. The van der Waals surface area contributed by atoms with E-state index in [9.17, 15) is 4.79 Å². The quantitative estimate of drug-likeness (QED) is 0.650. The average molecular weight is 283 g/mol. The van der Waals surface area contributed by atoms with E-state index < -0.39 is 0 Å². The van der Waals surface area contributed by atoms with Crippen molar-refractivity contribution in [3.05, 3.63) is 65.2 Å². The predicted octanol–water partition coefficient (Wildman–Crippen LogP) is 3.62. The molecule has 2 rings (SSSR count). The van der Waals surface area contributed by atoms with E-state index in [0.717, 1.165) is 24.8 Å². The van der Waals surface area contributed by atoms with E-state index >= 15 is 0 Å². The van der Waals surface area contributed by atoms with E-state index in [1.807, 2.05) is 18.2 Å². The van der Waals surface area contributed by atoms with E-state index in [4.69, 9.17) is 10.5 Å². The number of anilines is 1. The second-order valence-electron chi connectivity index (χ2n) is 4.98. The van der Waals surface area contributed by atoms with Crippen LogP contribution in [0.4, 0.5) is 5.69 Å². The molecule has 0 fully saturated rings. The monoisotopic (exact) mass is 283 g/mol. The van der Waals surface area contributed by atoms with Crippen LogP contribution in [0, 0.1) is 0 Å². The minimum atomic E-state index is -0.347. The molecular formula is C18H21NO2. The lowest BCUT2D eigenvalue weighted by Crippen LogP contribution is -2.08. The van der Waals surface area contributed by atoms with Gasteiger partial charge < -0.3 is 10.5 Å². The first kappa shape index (κ1) is 15.1. The predicted molar refractivity (Wildman–Crippen MR) is 85.3 cm³/mol. The van der Waals surface area contributed by atoms with Gasteiger partial charge in [0.05, 0.1) is 12.2 Å². The van der Waals surface area contributed by atoms with Crippen LogP contribution in [0.5, 0.6) is 0 Å². The van der Waals surface area contributed by atoms with Gasteiger partial charge in [-0.05, 0) is 49.4 Å². The lowest BCUT2D eigenvalue weighted by atomic mass is 10.0. The van der Waals surface area contributed by atoms with Crippen LogP contribution in [0.1, 0.15) is 34.8 Å². The van der Waals surface area contributed by atoms with Crippen LogP contribution in [0.2, 0.25) is 0 Å². The van der Waals surface area contributed by atoms with Gasteiger partial charge in [-0.1, -0.05) is 36.4 Å². The van der Waals surface area contributed by atoms with Crippen LogP contribution in [0.3, 0.4) is 0 Å². The second kappa shape index (κ2) is 7.48. The Hall–Kier alpha value is -2.29. The molecule has 3 nitrogen and oxygen atoms in total. The summed E-state index contributed by atoms with van der Waals surface area (Å²) in [6.45, 7) is 2.15. The molecule has 0 aliphatic heterocycles. The van der Waals surface area contributed by atoms with Gasteiger partial charge in [0.15, 0.2) is 0 Å². The summed E-state index contributed by atoms with van der Waals surface area (Å²) in [6.07, 6.45) is 2.98. The summed E-state index contributed by atoms with van der Waals surface area (Å²) in [5.74, 6) is -0.347. The van der Waals surface area contributed by atoms with Crippen LogP contribution in [-0.2, 0) is 17.6 Å². The number of benzene rings is 2. The first-order chi connectivity index (χ1) is 10.2. The van der Waals surface area contributed by atoms with Crippen molar-refractivity contribution >= 4 is 11.7 Å². The third-order valence-electron chi connectivity index (χ3n) is 3.39.